The minimum atomic E-state index is 0.599. The van der Waals surface area contributed by atoms with Gasteiger partial charge in [-0.1, -0.05) is 6.92 Å². The van der Waals surface area contributed by atoms with Crippen molar-refractivity contribution in [2.75, 3.05) is 0 Å². The fourth-order valence-corrected chi connectivity index (χ4v) is 3.00. The van der Waals surface area contributed by atoms with Gasteiger partial charge in [-0.15, -0.1) is 11.3 Å². The molecule has 0 atom stereocenters. The van der Waals surface area contributed by atoms with E-state index in [2.05, 4.69) is 20.1 Å². The van der Waals surface area contributed by atoms with E-state index >= 15 is 0 Å². The maximum Gasteiger partial charge on any atom is 0.231 e. The maximum absolute atomic E-state index is 5.98. The Morgan fingerprint density at radius 1 is 1.13 bits per heavy atom. The molecule has 23 heavy (non-hydrogen) atoms. The average molecular weight is 323 g/mol. The number of fused-ring (bicyclic) bond motifs is 1. The van der Waals surface area contributed by atoms with Gasteiger partial charge in [-0.25, -0.2) is 14.6 Å². The van der Waals surface area contributed by atoms with Crippen LogP contribution < -0.4 is 4.74 Å². The Kier molecular flexibility index (Phi) is 3.47. The van der Waals surface area contributed by atoms with Gasteiger partial charge < -0.3 is 4.74 Å². The summed E-state index contributed by atoms with van der Waals surface area (Å²) in [7, 11) is 0. The number of aromatic nitrogens is 5. The van der Waals surface area contributed by atoms with Crippen LogP contribution >= 0.6 is 11.3 Å². The molecule has 0 N–H and O–H groups in total. The molecule has 0 fully saturated rings. The SMILES string of the molecule is CCc1nc(Oc2ccc(-n3cncn3)cc2)c2ccsc2n1. The molecule has 6 nitrogen and oxygen atoms in total. The molecule has 114 valence electrons. The minimum Gasteiger partial charge on any atom is -0.438 e. The summed E-state index contributed by atoms with van der Waals surface area (Å²) in [6.07, 6.45) is 3.93. The average Bonchev–Trinajstić information content (AvgIpc) is 3.27. The van der Waals surface area contributed by atoms with Crippen LogP contribution in [0, 0.1) is 0 Å². The predicted octanol–water partition coefficient (Wildman–Crippen LogP) is 3.63. The van der Waals surface area contributed by atoms with Gasteiger partial charge >= 0.3 is 0 Å². The molecule has 4 rings (SSSR count). The largest absolute Gasteiger partial charge is 0.438 e. The highest BCUT2D eigenvalue weighted by Gasteiger charge is 2.10. The number of hydrogen-bond donors (Lipinski definition) is 0. The van der Waals surface area contributed by atoms with Crippen molar-refractivity contribution < 1.29 is 4.74 Å². The first kappa shape index (κ1) is 13.8. The highest BCUT2D eigenvalue weighted by atomic mass is 32.1. The molecule has 1 aromatic carbocycles. The zero-order valence-electron chi connectivity index (χ0n) is 12.4. The molecule has 0 unspecified atom stereocenters. The molecule has 0 saturated carbocycles. The van der Waals surface area contributed by atoms with Crippen molar-refractivity contribution in [3.63, 3.8) is 0 Å². The molecular weight excluding hydrogens is 310 g/mol. The van der Waals surface area contributed by atoms with Gasteiger partial charge in [0, 0.05) is 6.42 Å². The van der Waals surface area contributed by atoms with Crippen molar-refractivity contribution in [2.24, 2.45) is 0 Å². The fourth-order valence-electron chi connectivity index (χ4n) is 2.23. The van der Waals surface area contributed by atoms with E-state index < -0.39 is 0 Å². The van der Waals surface area contributed by atoms with Gasteiger partial charge in [-0.05, 0) is 35.7 Å². The molecular formula is C16H13N5OS. The summed E-state index contributed by atoms with van der Waals surface area (Å²) >= 11 is 1.59. The summed E-state index contributed by atoms with van der Waals surface area (Å²) in [4.78, 5) is 13.9. The van der Waals surface area contributed by atoms with Gasteiger partial charge in [0.1, 0.15) is 29.1 Å². The summed E-state index contributed by atoms with van der Waals surface area (Å²) in [5.41, 5.74) is 0.924. The van der Waals surface area contributed by atoms with E-state index in [1.54, 1.807) is 22.3 Å². The molecule has 0 aliphatic heterocycles. The Balaban J connectivity index is 1.66. The Bertz CT molecular complexity index is 931. The van der Waals surface area contributed by atoms with E-state index in [4.69, 9.17) is 4.74 Å². The molecule has 3 heterocycles. The highest BCUT2D eigenvalue weighted by molar-refractivity contribution is 7.16. The minimum absolute atomic E-state index is 0.599. The van der Waals surface area contributed by atoms with Crippen molar-refractivity contribution in [1.29, 1.82) is 0 Å². The lowest BCUT2D eigenvalue weighted by Gasteiger charge is -2.08. The first-order chi connectivity index (χ1) is 11.3. The second-order valence-corrected chi connectivity index (χ2v) is 5.77. The van der Waals surface area contributed by atoms with Gasteiger partial charge in [0.05, 0.1) is 11.1 Å². The van der Waals surface area contributed by atoms with Crippen molar-refractivity contribution in [1.82, 2.24) is 24.7 Å². The van der Waals surface area contributed by atoms with Crippen LogP contribution in [0.25, 0.3) is 15.9 Å². The third-order valence-corrected chi connectivity index (χ3v) is 4.19. The summed E-state index contributed by atoms with van der Waals surface area (Å²) < 4.78 is 7.67. The quantitative estimate of drug-likeness (QED) is 0.574. The van der Waals surface area contributed by atoms with Crippen molar-refractivity contribution >= 4 is 21.6 Å². The second-order valence-electron chi connectivity index (χ2n) is 4.87. The first-order valence-electron chi connectivity index (χ1n) is 7.20. The van der Waals surface area contributed by atoms with Crippen LogP contribution in [-0.2, 0) is 6.42 Å². The van der Waals surface area contributed by atoms with Gasteiger partial charge in [0.2, 0.25) is 5.88 Å². The highest BCUT2D eigenvalue weighted by Crippen LogP contribution is 2.30. The molecule has 0 bridgehead atoms. The third kappa shape index (κ3) is 2.66. The smallest absolute Gasteiger partial charge is 0.231 e. The van der Waals surface area contributed by atoms with E-state index in [0.29, 0.717) is 5.88 Å². The summed E-state index contributed by atoms with van der Waals surface area (Å²) in [6, 6.07) is 9.62. The standard InChI is InChI=1S/C16H13N5OS/c1-2-14-19-15(13-7-8-23-16(13)20-14)22-12-5-3-11(4-6-12)21-10-17-9-18-21/h3-10H,2H2,1H3. The summed E-state index contributed by atoms with van der Waals surface area (Å²) in [5, 5.41) is 7.04. The third-order valence-electron chi connectivity index (χ3n) is 3.39. The lowest BCUT2D eigenvalue weighted by molar-refractivity contribution is 0.466. The van der Waals surface area contributed by atoms with E-state index in [0.717, 1.165) is 33.9 Å². The number of nitrogens with zero attached hydrogens (tertiary/aromatic N) is 5. The lowest BCUT2D eigenvalue weighted by atomic mass is 10.3. The van der Waals surface area contributed by atoms with E-state index in [-0.39, 0.29) is 0 Å². The number of aryl methyl sites for hydroxylation is 1. The molecule has 7 heteroatoms. The molecule has 4 aromatic rings. The van der Waals surface area contributed by atoms with Gasteiger partial charge in [0.15, 0.2) is 0 Å². The second kappa shape index (κ2) is 5.77. The van der Waals surface area contributed by atoms with E-state index in [1.807, 2.05) is 42.6 Å². The zero-order valence-corrected chi connectivity index (χ0v) is 13.2. The first-order valence-corrected chi connectivity index (χ1v) is 8.08. The molecule has 0 amide bonds. The monoisotopic (exact) mass is 323 g/mol. The van der Waals surface area contributed by atoms with Gasteiger partial charge in [-0.2, -0.15) is 10.1 Å². The number of thiophene rings is 1. The summed E-state index contributed by atoms with van der Waals surface area (Å²) in [6.45, 7) is 2.03. The van der Waals surface area contributed by atoms with E-state index in [1.165, 1.54) is 6.33 Å². The van der Waals surface area contributed by atoms with Gasteiger partial charge in [0.25, 0.3) is 0 Å². The number of benzene rings is 1. The number of ether oxygens (including phenoxy) is 1. The Morgan fingerprint density at radius 3 is 2.74 bits per heavy atom. The van der Waals surface area contributed by atoms with Crippen molar-refractivity contribution in [3.8, 4) is 17.3 Å². The summed E-state index contributed by atoms with van der Waals surface area (Å²) in [5.74, 6) is 2.11. The van der Waals surface area contributed by atoms with Crippen LogP contribution in [0.3, 0.4) is 0 Å². The van der Waals surface area contributed by atoms with Crippen molar-refractivity contribution in [2.45, 2.75) is 13.3 Å². The Morgan fingerprint density at radius 2 is 2.00 bits per heavy atom. The number of rotatable bonds is 4. The molecule has 0 aliphatic carbocycles. The predicted molar refractivity (Wildman–Crippen MR) is 88.2 cm³/mol. The van der Waals surface area contributed by atoms with Crippen molar-refractivity contribution in [3.05, 3.63) is 54.2 Å². The molecule has 3 aromatic heterocycles. The number of hydrogen-bond acceptors (Lipinski definition) is 6. The molecule has 0 aliphatic rings. The van der Waals surface area contributed by atoms with Crippen LogP contribution in [0.15, 0.2) is 48.4 Å². The van der Waals surface area contributed by atoms with Crippen LogP contribution in [0.4, 0.5) is 0 Å². The van der Waals surface area contributed by atoms with Crippen LogP contribution in [0.2, 0.25) is 0 Å². The van der Waals surface area contributed by atoms with Gasteiger partial charge in [-0.3, -0.25) is 0 Å². The fraction of sp³-hybridized carbons (Fsp3) is 0.125. The Hall–Kier alpha value is -2.80. The maximum atomic E-state index is 5.98. The molecule has 0 saturated heterocycles. The normalized spacial score (nSPS) is 11.0. The van der Waals surface area contributed by atoms with Crippen LogP contribution in [0.5, 0.6) is 11.6 Å². The van der Waals surface area contributed by atoms with E-state index in [9.17, 15) is 0 Å². The molecule has 0 radical (unpaired) electrons. The lowest BCUT2D eigenvalue weighted by Crippen LogP contribution is -1.97. The topological polar surface area (TPSA) is 65.7 Å². The Labute approximate surface area is 136 Å². The molecule has 0 spiro atoms. The zero-order chi connectivity index (χ0) is 15.6. The van der Waals surface area contributed by atoms with Crippen LogP contribution in [0.1, 0.15) is 12.7 Å². The van der Waals surface area contributed by atoms with Crippen LogP contribution in [-0.4, -0.2) is 24.7 Å².